The molecule has 7 nitrogen and oxygen atoms in total. The van der Waals surface area contributed by atoms with Crippen LogP contribution < -0.4 is 4.72 Å². The molecule has 0 saturated heterocycles. The van der Waals surface area contributed by atoms with E-state index in [-0.39, 0.29) is 11.9 Å². The van der Waals surface area contributed by atoms with Gasteiger partial charge in [0.15, 0.2) is 0 Å². The van der Waals surface area contributed by atoms with Crippen LogP contribution in [0.5, 0.6) is 0 Å². The molecule has 1 aliphatic heterocycles. The smallest absolute Gasteiger partial charge is 0.242 e. The minimum atomic E-state index is -3.34. The summed E-state index contributed by atoms with van der Waals surface area (Å²) in [5, 5.41) is 7.21. The van der Waals surface area contributed by atoms with Crippen molar-refractivity contribution in [2.75, 3.05) is 11.0 Å². The summed E-state index contributed by atoms with van der Waals surface area (Å²) in [6.07, 6.45) is 3.79. The molecule has 0 spiro atoms. The third-order valence-corrected chi connectivity index (χ3v) is 5.63. The predicted molar refractivity (Wildman–Crippen MR) is 118 cm³/mol. The van der Waals surface area contributed by atoms with Crippen LogP contribution >= 0.6 is 0 Å². The molecular formula is C22H22N4O3S. The summed E-state index contributed by atoms with van der Waals surface area (Å²) >= 11 is 0. The van der Waals surface area contributed by atoms with Gasteiger partial charge < -0.3 is 0 Å². The molecule has 2 heterocycles. The van der Waals surface area contributed by atoms with Gasteiger partial charge in [0, 0.05) is 30.1 Å². The van der Waals surface area contributed by atoms with Crippen molar-refractivity contribution in [3.63, 3.8) is 0 Å². The fourth-order valence-corrected chi connectivity index (χ4v) is 4.25. The van der Waals surface area contributed by atoms with E-state index in [1.54, 1.807) is 23.3 Å². The maximum Gasteiger partial charge on any atom is 0.242 e. The molecule has 2 aromatic carbocycles. The quantitative estimate of drug-likeness (QED) is 0.679. The molecule has 0 bridgehead atoms. The van der Waals surface area contributed by atoms with Gasteiger partial charge in [0.1, 0.15) is 0 Å². The highest BCUT2D eigenvalue weighted by molar-refractivity contribution is 7.92. The number of hydrogen-bond donors (Lipinski definition) is 1. The van der Waals surface area contributed by atoms with Gasteiger partial charge >= 0.3 is 0 Å². The molecule has 1 aromatic heterocycles. The van der Waals surface area contributed by atoms with Crippen LogP contribution in [0, 0.1) is 0 Å². The number of amides is 1. The molecule has 0 saturated carbocycles. The fourth-order valence-electron chi connectivity index (χ4n) is 3.68. The van der Waals surface area contributed by atoms with E-state index in [1.807, 2.05) is 49.4 Å². The Bertz CT molecular complexity index is 1230. The molecule has 154 valence electrons. The number of hydrogen-bond acceptors (Lipinski definition) is 5. The second kappa shape index (κ2) is 7.87. The second-order valence-electron chi connectivity index (χ2n) is 7.23. The fraction of sp³-hybridized carbons (Fsp3) is 0.227. The van der Waals surface area contributed by atoms with Gasteiger partial charge in [-0.3, -0.25) is 14.5 Å². The van der Waals surface area contributed by atoms with E-state index >= 15 is 0 Å². The van der Waals surface area contributed by atoms with Crippen LogP contribution in [0.3, 0.4) is 0 Å². The van der Waals surface area contributed by atoms with E-state index in [9.17, 15) is 13.2 Å². The number of nitrogens with zero attached hydrogens (tertiary/aromatic N) is 3. The number of rotatable bonds is 5. The monoisotopic (exact) mass is 422 g/mol. The van der Waals surface area contributed by atoms with E-state index in [0.717, 1.165) is 34.0 Å². The first-order chi connectivity index (χ1) is 14.4. The lowest BCUT2D eigenvalue weighted by Gasteiger charge is -2.22. The van der Waals surface area contributed by atoms with Crippen molar-refractivity contribution in [3.8, 4) is 0 Å². The summed E-state index contributed by atoms with van der Waals surface area (Å²) in [6.45, 7) is 1.82. The van der Waals surface area contributed by atoms with Crippen molar-refractivity contribution in [2.45, 2.75) is 25.8 Å². The topological polar surface area (TPSA) is 91.7 Å². The van der Waals surface area contributed by atoms with Crippen LogP contribution in [0.4, 0.5) is 5.69 Å². The predicted octanol–water partition coefficient (Wildman–Crippen LogP) is 3.69. The molecule has 1 N–H and O–H groups in total. The van der Waals surface area contributed by atoms with Gasteiger partial charge in [-0.1, -0.05) is 37.3 Å². The first-order valence-corrected chi connectivity index (χ1v) is 11.6. The molecule has 8 heteroatoms. The highest BCUT2D eigenvalue weighted by atomic mass is 32.2. The number of anilines is 1. The van der Waals surface area contributed by atoms with E-state index in [0.29, 0.717) is 18.5 Å². The molecule has 0 aliphatic carbocycles. The number of aromatic nitrogens is 1. The third kappa shape index (κ3) is 4.04. The molecule has 0 fully saturated rings. The zero-order chi connectivity index (χ0) is 21.3. The van der Waals surface area contributed by atoms with Gasteiger partial charge in [-0.05, 0) is 35.4 Å². The average molecular weight is 423 g/mol. The summed E-state index contributed by atoms with van der Waals surface area (Å²) in [5.41, 5.74) is 4.01. The lowest BCUT2D eigenvalue weighted by Crippen LogP contribution is -2.26. The molecule has 0 radical (unpaired) electrons. The maximum atomic E-state index is 12.6. The maximum absolute atomic E-state index is 12.6. The van der Waals surface area contributed by atoms with E-state index < -0.39 is 10.0 Å². The Morgan fingerprint density at radius 2 is 1.90 bits per heavy atom. The lowest BCUT2D eigenvalue weighted by molar-refractivity contribution is -0.132. The lowest BCUT2D eigenvalue weighted by atomic mass is 9.95. The second-order valence-corrected chi connectivity index (χ2v) is 8.98. The van der Waals surface area contributed by atoms with Crippen LogP contribution in [-0.4, -0.2) is 36.3 Å². The molecule has 3 aromatic rings. The zero-order valence-corrected chi connectivity index (χ0v) is 17.6. The largest absolute Gasteiger partial charge is 0.284 e. The number of nitrogens with one attached hydrogen (secondary N) is 1. The van der Waals surface area contributed by atoms with Crippen molar-refractivity contribution in [1.82, 2.24) is 9.99 Å². The first kappa shape index (κ1) is 20.0. The minimum Gasteiger partial charge on any atom is -0.284 e. The summed E-state index contributed by atoms with van der Waals surface area (Å²) in [6, 6.07) is 16.6. The number of carbonyl (C=O) groups excluding carboxylic acids is 1. The Kier molecular flexibility index (Phi) is 5.26. The molecule has 4 rings (SSSR count). The highest BCUT2D eigenvalue weighted by Gasteiger charge is 2.33. The van der Waals surface area contributed by atoms with Crippen LogP contribution in [0.1, 0.15) is 36.9 Å². The Labute approximate surface area is 175 Å². The average Bonchev–Trinajstić information content (AvgIpc) is 3.17. The van der Waals surface area contributed by atoms with Crippen LogP contribution in [0.15, 0.2) is 65.9 Å². The van der Waals surface area contributed by atoms with Gasteiger partial charge in [-0.25, -0.2) is 13.4 Å². The molecular weight excluding hydrogens is 400 g/mol. The normalized spacial score (nSPS) is 16.5. The van der Waals surface area contributed by atoms with Crippen molar-refractivity contribution in [2.24, 2.45) is 5.10 Å². The molecule has 30 heavy (non-hydrogen) atoms. The number of fused-ring (bicyclic) bond motifs is 1. The van der Waals surface area contributed by atoms with Gasteiger partial charge in [-0.15, -0.1) is 0 Å². The number of hydrazone groups is 1. The first-order valence-electron chi connectivity index (χ1n) is 9.67. The molecule has 1 atom stereocenters. The number of benzene rings is 2. The zero-order valence-electron chi connectivity index (χ0n) is 16.7. The van der Waals surface area contributed by atoms with E-state index in [4.69, 9.17) is 0 Å². The number of sulfonamides is 1. The van der Waals surface area contributed by atoms with Crippen molar-refractivity contribution in [3.05, 3.63) is 71.9 Å². The number of pyridine rings is 1. The Balaban J connectivity index is 1.69. The SMILES string of the molecule is CCC(=O)N1N=C(c2ccc(NS(C)(=O)=O)cc2)C[C@H]1c1cccc2ncccc12. The van der Waals surface area contributed by atoms with Crippen LogP contribution in [0.25, 0.3) is 10.9 Å². The number of carbonyl (C=O) groups is 1. The molecule has 1 amide bonds. The van der Waals surface area contributed by atoms with Crippen LogP contribution in [0.2, 0.25) is 0 Å². The van der Waals surface area contributed by atoms with Crippen LogP contribution in [-0.2, 0) is 14.8 Å². The summed E-state index contributed by atoms with van der Waals surface area (Å²) < 4.78 is 25.3. The molecule has 0 unspecified atom stereocenters. The van der Waals surface area contributed by atoms with Gasteiger partial charge in [0.05, 0.1) is 23.5 Å². The van der Waals surface area contributed by atoms with E-state index in [1.165, 1.54) is 0 Å². The van der Waals surface area contributed by atoms with Gasteiger partial charge in [-0.2, -0.15) is 5.10 Å². The Morgan fingerprint density at radius 3 is 2.60 bits per heavy atom. The van der Waals surface area contributed by atoms with Gasteiger partial charge in [0.2, 0.25) is 15.9 Å². The van der Waals surface area contributed by atoms with Crippen molar-refractivity contribution < 1.29 is 13.2 Å². The van der Waals surface area contributed by atoms with Crippen molar-refractivity contribution >= 4 is 38.2 Å². The third-order valence-electron chi connectivity index (χ3n) is 5.03. The Hall–Kier alpha value is -3.26. The summed E-state index contributed by atoms with van der Waals surface area (Å²) in [5.74, 6) is -0.0498. The summed E-state index contributed by atoms with van der Waals surface area (Å²) in [4.78, 5) is 17.1. The van der Waals surface area contributed by atoms with E-state index in [2.05, 4.69) is 14.8 Å². The highest BCUT2D eigenvalue weighted by Crippen LogP contribution is 2.36. The standard InChI is InChI=1S/C22H22N4O3S/c1-3-22(27)26-21(18-6-4-8-19-17(18)7-5-13-23-19)14-20(24-26)15-9-11-16(12-10-15)25-30(2,28)29/h4-13,21,25H,3,14H2,1-2H3/t21-/m0/s1. The summed E-state index contributed by atoms with van der Waals surface area (Å²) in [7, 11) is -3.34. The van der Waals surface area contributed by atoms with Crippen molar-refractivity contribution in [1.29, 1.82) is 0 Å². The molecule has 1 aliphatic rings. The van der Waals surface area contributed by atoms with Gasteiger partial charge in [0.25, 0.3) is 0 Å². The minimum absolute atomic E-state index is 0.0498. The Morgan fingerprint density at radius 1 is 1.13 bits per heavy atom.